The van der Waals surface area contributed by atoms with E-state index in [1.807, 2.05) is 6.07 Å². The first-order chi connectivity index (χ1) is 6.77. The first kappa shape index (κ1) is 9.95. The van der Waals surface area contributed by atoms with Crippen molar-refractivity contribution >= 4 is 6.29 Å². The van der Waals surface area contributed by atoms with Crippen molar-refractivity contribution in [3.63, 3.8) is 0 Å². The number of carbonyl (C=O) groups excluding carboxylic acids is 1. The molecule has 0 aliphatic rings. The number of aldehydes is 1. The van der Waals surface area contributed by atoms with Crippen LogP contribution in [0.1, 0.15) is 22.3 Å². The lowest BCUT2D eigenvalue weighted by atomic mass is 10.1. The van der Waals surface area contributed by atoms with Gasteiger partial charge in [-0.15, -0.1) is 0 Å². The number of hydrogen-bond donors (Lipinski definition) is 0. The highest BCUT2D eigenvalue weighted by Crippen LogP contribution is 2.07. The molecule has 0 aromatic heterocycles. The van der Waals surface area contributed by atoms with Crippen LogP contribution in [0, 0.1) is 29.0 Å². The second-order valence-electron chi connectivity index (χ2n) is 2.49. The van der Waals surface area contributed by atoms with Crippen molar-refractivity contribution in [1.82, 2.24) is 0 Å². The summed E-state index contributed by atoms with van der Waals surface area (Å²) in [5, 5.41) is 8.21. The Bertz CT molecular complexity index is 449. The maximum Gasteiger partial charge on any atom is 0.152 e. The molecule has 0 heterocycles. The first-order valence-electron chi connectivity index (χ1n) is 3.88. The zero-order chi connectivity index (χ0) is 10.4. The van der Waals surface area contributed by atoms with E-state index in [1.165, 1.54) is 18.2 Å². The summed E-state index contributed by atoms with van der Waals surface area (Å²) < 4.78 is 13.0. The number of nitriles is 1. The topological polar surface area (TPSA) is 40.9 Å². The predicted octanol–water partition coefficient (Wildman–Crippen LogP) is 1.90. The van der Waals surface area contributed by atoms with E-state index in [0.29, 0.717) is 11.8 Å². The molecule has 0 saturated heterocycles. The Balaban J connectivity index is 2.94. The minimum atomic E-state index is -0.594. The van der Waals surface area contributed by atoms with Gasteiger partial charge in [0.25, 0.3) is 0 Å². The van der Waals surface area contributed by atoms with E-state index in [1.54, 1.807) is 0 Å². The van der Waals surface area contributed by atoms with E-state index in [9.17, 15) is 9.18 Å². The molecule has 0 bridgehead atoms. The smallest absolute Gasteiger partial charge is 0.152 e. The van der Waals surface area contributed by atoms with Gasteiger partial charge in [-0.05, 0) is 18.2 Å². The van der Waals surface area contributed by atoms with Gasteiger partial charge in [0.2, 0.25) is 0 Å². The van der Waals surface area contributed by atoms with Crippen molar-refractivity contribution in [3.8, 4) is 17.9 Å². The molecule has 3 heteroatoms. The SMILES string of the molecule is N#CCC#Cc1ccc(C=O)c(F)c1. The van der Waals surface area contributed by atoms with Crippen LogP contribution in [0.15, 0.2) is 18.2 Å². The van der Waals surface area contributed by atoms with Crippen LogP contribution in [0.5, 0.6) is 0 Å². The van der Waals surface area contributed by atoms with E-state index < -0.39 is 5.82 Å². The molecule has 68 valence electrons. The Morgan fingerprint density at radius 2 is 2.29 bits per heavy atom. The second-order valence-corrected chi connectivity index (χ2v) is 2.49. The maximum atomic E-state index is 13.0. The molecule has 1 rings (SSSR count). The Hall–Kier alpha value is -2.13. The molecule has 0 amide bonds. The lowest BCUT2D eigenvalue weighted by Crippen LogP contribution is -1.87. The normalized spacial score (nSPS) is 8.29. The van der Waals surface area contributed by atoms with Crippen molar-refractivity contribution in [1.29, 1.82) is 5.26 Å². The predicted molar refractivity (Wildman–Crippen MR) is 48.9 cm³/mol. The summed E-state index contributed by atoms with van der Waals surface area (Å²) in [6.45, 7) is 0. The highest BCUT2D eigenvalue weighted by molar-refractivity contribution is 5.75. The number of halogens is 1. The molecule has 1 aromatic rings. The van der Waals surface area contributed by atoms with Gasteiger partial charge in [-0.25, -0.2) is 4.39 Å². The minimum Gasteiger partial charge on any atom is -0.298 e. The summed E-state index contributed by atoms with van der Waals surface area (Å²) in [6.07, 6.45) is 0.554. The molecule has 0 aliphatic heterocycles. The van der Waals surface area contributed by atoms with Gasteiger partial charge < -0.3 is 0 Å². The van der Waals surface area contributed by atoms with E-state index in [2.05, 4.69) is 11.8 Å². The molecular formula is C11H6FNO. The quantitative estimate of drug-likeness (QED) is 0.497. The maximum absolute atomic E-state index is 13.0. The summed E-state index contributed by atoms with van der Waals surface area (Å²) in [7, 11) is 0. The fourth-order valence-electron chi connectivity index (χ4n) is 0.886. The molecular weight excluding hydrogens is 181 g/mol. The fraction of sp³-hybridized carbons (Fsp3) is 0.0909. The number of rotatable bonds is 1. The minimum absolute atomic E-state index is 0.0100. The molecule has 0 fully saturated rings. The van der Waals surface area contributed by atoms with E-state index in [0.717, 1.165) is 0 Å². The van der Waals surface area contributed by atoms with Crippen LogP contribution in [0.3, 0.4) is 0 Å². The van der Waals surface area contributed by atoms with Gasteiger partial charge in [0, 0.05) is 5.56 Å². The number of benzene rings is 1. The zero-order valence-electron chi connectivity index (χ0n) is 7.25. The van der Waals surface area contributed by atoms with Gasteiger partial charge >= 0.3 is 0 Å². The number of carbonyl (C=O) groups is 1. The Kier molecular flexibility index (Phi) is 3.41. The van der Waals surface area contributed by atoms with Crippen molar-refractivity contribution in [3.05, 3.63) is 35.1 Å². The number of nitrogens with zero attached hydrogens (tertiary/aromatic N) is 1. The van der Waals surface area contributed by atoms with Crippen LogP contribution in [0.2, 0.25) is 0 Å². The molecule has 0 unspecified atom stereocenters. The molecule has 2 nitrogen and oxygen atoms in total. The average Bonchev–Trinajstić information content (AvgIpc) is 2.18. The second kappa shape index (κ2) is 4.79. The van der Waals surface area contributed by atoms with E-state index in [-0.39, 0.29) is 12.0 Å². The van der Waals surface area contributed by atoms with E-state index in [4.69, 9.17) is 5.26 Å². The van der Waals surface area contributed by atoms with Crippen LogP contribution < -0.4 is 0 Å². The lowest BCUT2D eigenvalue weighted by molar-refractivity contribution is 0.112. The highest BCUT2D eigenvalue weighted by Gasteiger charge is 1.99. The highest BCUT2D eigenvalue weighted by atomic mass is 19.1. The molecule has 0 spiro atoms. The van der Waals surface area contributed by atoms with Gasteiger partial charge in [0.15, 0.2) is 6.29 Å². The Morgan fingerprint density at radius 3 is 2.86 bits per heavy atom. The van der Waals surface area contributed by atoms with Crippen molar-refractivity contribution in [2.75, 3.05) is 0 Å². The molecule has 14 heavy (non-hydrogen) atoms. The monoisotopic (exact) mass is 187 g/mol. The first-order valence-corrected chi connectivity index (χ1v) is 3.88. The molecule has 0 N–H and O–H groups in total. The molecule has 0 atom stereocenters. The standard InChI is InChI=1S/C11H6FNO/c12-11-7-9(3-1-2-6-13)4-5-10(11)8-14/h4-5,7-8H,2H2. The van der Waals surface area contributed by atoms with Gasteiger partial charge in [-0.3, -0.25) is 4.79 Å². The molecule has 0 saturated carbocycles. The summed E-state index contributed by atoms with van der Waals surface area (Å²) >= 11 is 0. The summed E-state index contributed by atoms with van der Waals surface area (Å²) in [5.74, 6) is 4.57. The van der Waals surface area contributed by atoms with Crippen LogP contribution >= 0.6 is 0 Å². The lowest BCUT2D eigenvalue weighted by Gasteiger charge is -1.94. The summed E-state index contributed by atoms with van der Waals surface area (Å²) in [5.41, 5.74) is 0.471. The third kappa shape index (κ3) is 2.43. The van der Waals surface area contributed by atoms with Crippen LogP contribution in [0.4, 0.5) is 4.39 Å². The Labute approximate surface area is 81.0 Å². The third-order valence-corrected chi connectivity index (χ3v) is 1.53. The van der Waals surface area contributed by atoms with Gasteiger partial charge in [0.05, 0.1) is 18.1 Å². The van der Waals surface area contributed by atoms with Crippen LogP contribution in [-0.4, -0.2) is 6.29 Å². The zero-order valence-corrected chi connectivity index (χ0v) is 7.25. The van der Waals surface area contributed by atoms with Crippen LogP contribution in [0.25, 0.3) is 0 Å². The van der Waals surface area contributed by atoms with Crippen molar-refractivity contribution < 1.29 is 9.18 Å². The summed E-state index contributed by atoms with van der Waals surface area (Å²) in [6, 6.07) is 5.93. The van der Waals surface area contributed by atoms with Gasteiger partial charge in [0.1, 0.15) is 5.82 Å². The largest absolute Gasteiger partial charge is 0.298 e. The fourth-order valence-corrected chi connectivity index (χ4v) is 0.886. The van der Waals surface area contributed by atoms with Crippen molar-refractivity contribution in [2.24, 2.45) is 0 Å². The van der Waals surface area contributed by atoms with Crippen molar-refractivity contribution in [2.45, 2.75) is 6.42 Å². The summed E-state index contributed by atoms with van der Waals surface area (Å²) in [4.78, 5) is 10.3. The van der Waals surface area contributed by atoms with E-state index >= 15 is 0 Å². The molecule has 0 radical (unpaired) electrons. The van der Waals surface area contributed by atoms with Gasteiger partial charge in [-0.1, -0.05) is 11.8 Å². The van der Waals surface area contributed by atoms with Gasteiger partial charge in [-0.2, -0.15) is 5.26 Å². The Morgan fingerprint density at radius 1 is 1.50 bits per heavy atom. The average molecular weight is 187 g/mol. The third-order valence-electron chi connectivity index (χ3n) is 1.53. The number of hydrogen-bond acceptors (Lipinski definition) is 2. The molecule has 0 aliphatic carbocycles. The molecule has 1 aromatic carbocycles. The van der Waals surface area contributed by atoms with Crippen LogP contribution in [-0.2, 0) is 0 Å².